The van der Waals surface area contributed by atoms with E-state index < -0.39 is 0 Å². The van der Waals surface area contributed by atoms with Gasteiger partial charge in [0.15, 0.2) is 0 Å². The van der Waals surface area contributed by atoms with Gasteiger partial charge in [-0.15, -0.1) is 0 Å². The molecular formula is C18H29FN2. The zero-order valence-electron chi connectivity index (χ0n) is 13.7. The third kappa shape index (κ3) is 4.44. The molecule has 0 radical (unpaired) electrons. The summed E-state index contributed by atoms with van der Waals surface area (Å²) in [5.41, 5.74) is 2.33. The van der Waals surface area contributed by atoms with Crippen molar-refractivity contribution >= 4 is 5.69 Å². The van der Waals surface area contributed by atoms with E-state index in [1.54, 1.807) is 12.1 Å². The molecule has 118 valence electrons. The lowest BCUT2D eigenvalue weighted by Gasteiger charge is -2.29. The number of unbranched alkanes of at least 4 members (excludes halogenated alkanes) is 1. The van der Waals surface area contributed by atoms with Gasteiger partial charge in [0.2, 0.25) is 0 Å². The largest absolute Gasteiger partial charge is 0.368 e. The van der Waals surface area contributed by atoms with Crippen LogP contribution in [0.2, 0.25) is 0 Å². The standard InChI is InChI=1S/C18H29FN2/c1-4-6-12-21(16-8-9-16)18-10-7-15(19)13-17(18)14(3)20-11-5-2/h7,10,13-14,16,20H,4-6,8-9,11-12H2,1-3H3. The molecule has 0 heterocycles. The maximum Gasteiger partial charge on any atom is 0.123 e. The smallest absolute Gasteiger partial charge is 0.123 e. The summed E-state index contributed by atoms with van der Waals surface area (Å²) in [5.74, 6) is -0.134. The molecule has 0 amide bonds. The molecule has 3 heteroatoms. The minimum atomic E-state index is -0.134. The molecule has 1 N–H and O–H groups in total. The number of nitrogens with zero attached hydrogens (tertiary/aromatic N) is 1. The highest BCUT2D eigenvalue weighted by atomic mass is 19.1. The van der Waals surface area contributed by atoms with Gasteiger partial charge in [-0.1, -0.05) is 20.3 Å². The summed E-state index contributed by atoms with van der Waals surface area (Å²) < 4.78 is 13.7. The second-order valence-corrected chi connectivity index (χ2v) is 6.16. The lowest BCUT2D eigenvalue weighted by atomic mass is 10.0. The van der Waals surface area contributed by atoms with Gasteiger partial charge in [-0.25, -0.2) is 4.39 Å². The van der Waals surface area contributed by atoms with Crippen LogP contribution in [0.1, 0.15) is 64.5 Å². The Morgan fingerprint density at radius 2 is 2.05 bits per heavy atom. The highest BCUT2D eigenvalue weighted by molar-refractivity contribution is 5.56. The summed E-state index contributed by atoms with van der Waals surface area (Å²) in [6, 6.07) is 6.15. The van der Waals surface area contributed by atoms with Gasteiger partial charge >= 0.3 is 0 Å². The first-order valence-corrected chi connectivity index (χ1v) is 8.46. The molecule has 1 aliphatic carbocycles. The van der Waals surface area contributed by atoms with E-state index in [-0.39, 0.29) is 11.9 Å². The van der Waals surface area contributed by atoms with Crippen molar-refractivity contribution < 1.29 is 4.39 Å². The molecule has 0 spiro atoms. The van der Waals surface area contributed by atoms with E-state index in [0.29, 0.717) is 6.04 Å². The summed E-state index contributed by atoms with van der Waals surface area (Å²) in [6.45, 7) is 8.57. The van der Waals surface area contributed by atoms with Crippen LogP contribution < -0.4 is 10.2 Å². The highest BCUT2D eigenvalue weighted by Gasteiger charge is 2.30. The van der Waals surface area contributed by atoms with E-state index in [0.717, 1.165) is 25.1 Å². The molecule has 1 aromatic rings. The van der Waals surface area contributed by atoms with Gasteiger partial charge in [0.25, 0.3) is 0 Å². The highest BCUT2D eigenvalue weighted by Crippen LogP contribution is 2.36. The molecule has 0 aliphatic heterocycles. The number of hydrogen-bond donors (Lipinski definition) is 1. The maximum atomic E-state index is 13.7. The Morgan fingerprint density at radius 1 is 1.29 bits per heavy atom. The van der Waals surface area contributed by atoms with Crippen molar-refractivity contribution in [2.45, 2.75) is 65.0 Å². The second-order valence-electron chi connectivity index (χ2n) is 6.16. The quantitative estimate of drug-likeness (QED) is 0.712. The number of hydrogen-bond acceptors (Lipinski definition) is 2. The summed E-state index contributed by atoms with van der Waals surface area (Å²) in [4.78, 5) is 2.50. The zero-order valence-corrected chi connectivity index (χ0v) is 13.7. The Kier molecular flexibility index (Phi) is 6.04. The molecule has 1 fully saturated rings. The van der Waals surface area contributed by atoms with Crippen LogP contribution in [0.4, 0.5) is 10.1 Å². The number of nitrogens with one attached hydrogen (secondary N) is 1. The minimum absolute atomic E-state index is 0.134. The first kappa shape index (κ1) is 16.3. The van der Waals surface area contributed by atoms with Crippen LogP contribution in [0.25, 0.3) is 0 Å². The van der Waals surface area contributed by atoms with E-state index in [1.165, 1.54) is 31.4 Å². The fourth-order valence-electron chi connectivity index (χ4n) is 2.82. The van der Waals surface area contributed by atoms with Gasteiger partial charge in [0, 0.05) is 24.3 Å². The predicted molar refractivity (Wildman–Crippen MR) is 88.4 cm³/mol. The zero-order chi connectivity index (χ0) is 15.2. The second kappa shape index (κ2) is 7.79. The Labute approximate surface area is 128 Å². The van der Waals surface area contributed by atoms with E-state index in [1.807, 2.05) is 6.07 Å². The molecule has 1 aromatic carbocycles. The third-order valence-electron chi connectivity index (χ3n) is 4.21. The molecule has 2 rings (SSSR count). The van der Waals surface area contributed by atoms with Gasteiger partial charge in [-0.2, -0.15) is 0 Å². The lowest BCUT2D eigenvalue weighted by Crippen LogP contribution is -2.30. The molecule has 0 saturated heterocycles. The fourth-order valence-corrected chi connectivity index (χ4v) is 2.82. The topological polar surface area (TPSA) is 15.3 Å². The molecule has 0 bridgehead atoms. The van der Waals surface area contributed by atoms with Crippen LogP contribution in [0.3, 0.4) is 0 Å². The van der Waals surface area contributed by atoms with Crippen molar-refractivity contribution in [2.75, 3.05) is 18.0 Å². The summed E-state index contributed by atoms with van der Waals surface area (Å²) >= 11 is 0. The van der Waals surface area contributed by atoms with Crippen molar-refractivity contribution in [1.29, 1.82) is 0 Å². The average molecular weight is 292 g/mol. The molecule has 1 aliphatic rings. The molecule has 1 atom stereocenters. The van der Waals surface area contributed by atoms with Crippen molar-refractivity contribution in [3.8, 4) is 0 Å². The molecule has 2 nitrogen and oxygen atoms in total. The Bertz CT molecular complexity index is 443. The number of rotatable bonds is 9. The van der Waals surface area contributed by atoms with Crippen LogP contribution in [0, 0.1) is 5.82 Å². The predicted octanol–water partition coefficient (Wildman–Crippen LogP) is 4.66. The van der Waals surface area contributed by atoms with E-state index in [4.69, 9.17) is 0 Å². The number of halogens is 1. The summed E-state index contributed by atoms with van der Waals surface area (Å²) in [7, 11) is 0. The van der Waals surface area contributed by atoms with Crippen LogP contribution in [-0.2, 0) is 0 Å². The Balaban J connectivity index is 2.23. The number of benzene rings is 1. The van der Waals surface area contributed by atoms with E-state index in [2.05, 4.69) is 31.0 Å². The average Bonchev–Trinajstić information content (AvgIpc) is 3.31. The van der Waals surface area contributed by atoms with Crippen molar-refractivity contribution in [3.63, 3.8) is 0 Å². The van der Waals surface area contributed by atoms with Crippen LogP contribution in [0.15, 0.2) is 18.2 Å². The van der Waals surface area contributed by atoms with Gasteiger partial charge < -0.3 is 10.2 Å². The van der Waals surface area contributed by atoms with E-state index in [9.17, 15) is 4.39 Å². The van der Waals surface area contributed by atoms with Gasteiger partial charge in [0.1, 0.15) is 5.82 Å². The molecular weight excluding hydrogens is 263 g/mol. The summed E-state index contributed by atoms with van der Waals surface area (Å²) in [6.07, 6.45) is 6.04. The van der Waals surface area contributed by atoms with Crippen molar-refractivity contribution in [2.24, 2.45) is 0 Å². The maximum absolute atomic E-state index is 13.7. The van der Waals surface area contributed by atoms with Gasteiger partial charge in [-0.05, 0) is 62.9 Å². The molecule has 0 aromatic heterocycles. The molecule has 21 heavy (non-hydrogen) atoms. The van der Waals surface area contributed by atoms with Crippen LogP contribution >= 0.6 is 0 Å². The van der Waals surface area contributed by atoms with Crippen LogP contribution in [0.5, 0.6) is 0 Å². The molecule has 1 unspecified atom stereocenters. The minimum Gasteiger partial charge on any atom is -0.368 e. The number of anilines is 1. The summed E-state index contributed by atoms with van der Waals surface area (Å²) in [5, 5.41) is 3.49. The van der Waals surface area contributed by atoms with Crippen LogP contribution in [-0.4, -0.2) is 19.1 Å². The van der Waals surface area contributed by atoms with Crippen molar-refractivity contribution in [1.82, 2.24) is 5.32 Å². The van der Waals surface area contributed by atoms with Gasteiger partial charge in [0.05, 0.1) is 0 Å². The first-order valence-electron chi connectivity index (χ1n) is 8.46. The Morgan fingerprint density at radius 3 is 2.67 bits per heavy atom. The first-order chi connectivity index (χ1) is 10.2. The lowest BCUT2D eigenvalue weighted by molar-refractivity contribution is 0.559. The Hall–Kier alpha value is -1.09. The SMILES string of the molecule is CCCCN(c1ccc(F)cc1C(C)NCCC)C1CC1. The third-order valence-corrected chi connectivity index (χ3v) is 4.21. The van der Waals surface area contributed by atoms with Gasteiger partial charge in [-0.3, -0.25) is 0 Å². The van der Waals surface area contributed by atoms with E-state index >= 15 is 0 Å². The monoisotopic (exact) mass is 292 g/mol. The molecule has 1 saturated carbocycles. The fraction of sp³-hybridized carbons (Fsp3) is 0.667. The van der Waals surface area contributed by atoms with Crippen molar-refractivity contribution in [3.05, 3.63) is 29.6 Å². The normalized spacial score (nSPS) is 16.0.